The number of para-hydroxylation sites is 1. The number of hydrogen-bond acceptors (Lipinski definition) is 4. The van der Waals surface area contributed by atoms with Crippen LogP contribution in [0, 0.1) is 6.92 Å². The summed E-state index contributed by atoms with van der Waals surface area (Å²) in [6.45, 7) is 2.23. The molecule has 0 aliphatic carbocycles. The van der Waals surface area contributed by atoms with Gasteiger partial charge in [-0.1, -0.05) is 48.5 Å². The van der Waals surface area contributed by atoms with Crippen molar-refractivity contribution in [2.75, 3.05) is 18.5 Å². The second-order valence-electron chi connectivity index (χ2n) is 6.98. The van der Waals surface area contributed by atoms with Crippen LogP contribution < -0.4 is 10.1 Å². The number of rotatable bonds is 4. The molecule has 1 atom stereocenters. The SMILES string of the molecule is Cc1cc2n(n1)C(c1c(OCCO)ccc3ccccc13)Nc1ccccc1-2. The van der Waals surface area contributed by atoms with Crippen molar-refractivity contribution in [2.24, 2.45) is 0 Å². The Kier molecular flexibility index (Phi) is 4.02. The molecule has 3 aromatic carbocycles. The largest absolute Gasteiger partial charge is 0.491 e. The molecule has 0 spiro atoms. The minimum atomic E-state index is -0.210. The summed E-state index contributed by atoms with van der Waals surface area (Å²) in [5, 5.41) is 20.0. The molecule has 0 bridgehead atoms. The number of nitrogens with one attached hydrogen (secondary N) is 1. The Morgan fingerprint density at radius 2 is 1.89 bits per heavy atom. The number of aryl methyl sites for hydroxylation is 1. The molecule has 5 heteroatoms. The highest BCUT2D eigenvalue weighted by Crippen LogP contribution is 2.42. The molecule has 1 unspecified atom stereocenters. The molecule has 28 heavy (non-hydrogen) atoms. The molecule has 0 saturated carbocycles. The van der Waals surface area contributed by atoms with Gasteiger partial charge in [-0.25, -0.2) is 4.68 Å². The maximum atomic E-state index is 9.28. The van der Waals surface area contributed by atoms with E-state index in [1.54, 1.807) is 0 Å². The molecule has 0 fully saturated rings. The van der Waals surface area contributed by atoms with Gasteiger partial charge >= 0.3 is 0 Å². The number of aromatic nitrogens is 2. The minimum absolute atomic E-state index is 0.0284. The number of nitrogens with zero attached hydrogens (tertiary/aromatic N) is 2. The first kappa shape index (κ1) is 16.8. The normalized spacial score (nSPS) is 15.0. The number of ether oxygens (including phenoxy) is 1. The van der Waals surface area contributed by atoms with Crippen molar-refractivity contribution in [2.45, 2.75) is 13.1 Å². The summed E-state index contributed by atoms with van der Waals surface area (Å²) in [7, 11) is 0. The number of anilines is 1. The van der Waals surface area contributed by atoms with Crippen molar-refractivity contribution in [3.63, 3.8) is 0 Å². The molecular formula is C23H21N3O2. The van der Waals surface area contributed by atoms with E-state index >= 15 is 0 Å². The molecule has 2 heterocycles. The zero-order valence-corrected chi connectivity index (χ0v) is 15.6. The minimum Gasteiger partial charge on any atom is -0.491 e. The Labute approximate surface area is 163 Å². The summed E-state index contributed by atoms with van der Waals surface area (Å²) >= 11 is 0. The molecule has 0 amide bonds. The van der Waals surface area contributed by atoms with Crippen LogP contribution >= 0.6 is 0 Å². The van der Waals surface area contributed by atoms with Crippen LogP contribution in [0.4, 0.5) is 5.69 Å². The van der Waals surface area contributed by atoms with Crippen molar-refractivity contribution >= 4 is 16.5 Å². The van der Waals surface area contributed by atoms with Gasteiger partial charge in [0.1, 0.15) is 12.4 Å². The van der Waals surface area contributed by atoms with Crippen molar-refractivity contribution in [1.29, 1.82) is 0 Å². The summed E-state index contributed by atoms with van der Waals surface area (Å²) in [5.41, 5.74) is 5.28. The molecule has 1 aromatic heterocycles. The van der Waals surface area contributed by atoms with Gasteiger partial charge in [0.25, 0.3) is 0 Å². The van der Waals surface area contributed by atoms with Gasteiger partial charge in [0, 0.05) is 16.8 Å². The van der Waals surface area contributed by atoms with Gasteiger partial charge in [-0.15, -0.1) is 0 Å². The highest BCUT2D eigenvalue weighted by molar-refractivity contribution is 5.89. The average Bonchev–Trinajstić information content (AvgIpc) is 3.13. The van der Waals surface area contributed by atoms with Crippen LogP contribution in [0.5, 0.6) is 5.75 Å². The van der Waals surface area contributed by atoms with Gasteiger partial charge in [0.2, 0.25) is 0 Å². The van der Waals surface area contributed by atoms with E-state index in [-0.39, 0.29) is 19.4 Å². The molecule has 4 aromatic rings. The maximum absolute atomic E-state index is 9.28. The summed E-state index contributed by atoms with van der Waals surface area (Å²) in [5.74, 6) is 0.753. The van der Waals surface area contributed by atoms with E-state index in [0.717, 1.165) is 44.7 Å². The third-order valence-corrected chi connectivity index (χ3v) is 5.15. The second-order valence-corrected chi connectivity index (χ2v) is 6.98. The maximum Gasteiger partial charge on any atom is 0.151 e. The summed E-state index contributed by atoms with van der Waals surface area (Å²) in [6.07, 6.45) is -0.210. The fourth-order valence-electron chi connectivity index (χ4n) is 3.99. The van der Waals surface area contributed by atoms with E-state index in [2.05, 4.69) is 41.7 Å². The molecule has 5 rings (SSSR count). The molecule has 140 valence electrons. The third-order valence-electron chi connectivity index (χ3n) is 5.15. The third kappa shape index (κ3) is 2.63. The van der Waals surface area contributed by atoms with Gasteiger partial charge in [0.05, 0.1) is 18.0 Å². The van der Waals surface area contributed by atoms with Crippen molar-refractivity contribution in [3.8, 4) is 17.0 Å². The fraction of sp³-hybridized carbons (Fsp3) is 0.174. The van der Waals surface area contributed by atoms with E-state index in [0.29, 0.717) is 0 Å². The standard InChI is InChI=1S/C23H21N3O2/c1-15-14-20-18-8-4-5-9-19(18)24-23(26(20)25-15)22-17-7-3-2-6-16(17)10-11-21(22)28-13-12-27/h2-11,14,23-24,27H,12-13H2,1H3. The highest BCUT2D eigenvalue weighted by Gasteiger charge is 2.29. The topological polar surface area (TPSA) is 59.3 Å². The number of hydrogen-bond donors (Lipinski definition) is 2. The first-order valence-corrected chi connectivity index (χ1v) is 9.43. The van der Waals surface area contributed by atoms with Gasteiger partial charge in [-0.3, -0.25) is 0 Å². The van der Waals surface area contributed by atoms with Crippen LogP contribution in [0.2, 0.25) is 0 Å². The Morgan fingerprint density at radius 3 is 2.79 bits per heavy atom. The lowest BCUT2D eigenvalue weighted by molar-refractivity contribution is 0.199. The highest BCUT2D eigenvalue weighted by atomic mass is 16.5. The molecule has 5 nitrogen and oxygen atoms in total. The smallest absolute Gasteiger partial charge is 0.151 e. The Bertz CT molecular complexity index is 1170. The van der Waals surface area contributed by atoms with E-state index in [1.165, 1.54) is 0 Å². The average molecular weight is 371 g/mol. The molecule has 2 N–H and O–H groups in total. The summed E-state index contributed by atoms with van der Waals surface area (Å²) in [6, 6.07) is 22.7. The quantitative estimate of drug-likeness (QED) is 0.560. The predicted molar refractivity (Wildman–Crippen MR) is 111 cm³/mol. The van der Waals surface area contributed by atoms with Crippen LogP contribution in [0.1, 0.15) is 17.4 Å². The van der Waals surface area contributed by atoms with Crippen molar-refractivity contribution < 1.29 is 9.84 Å². The van der Waals surface area contributed by atoms with Gasteiger partial charge in [-0.2, -0.15) is 5.10 Å². The zero-order valence-electron chi connectivity index (χ0n) is 15.6. The van der Waals surface area contributed by atoms with Crippen LogP contribution in [0.15, 0.2) is 66.7 Å². The lowest BCUT2D eigenvalue weighted by Gasteiger charge is -2.31. The second kappa shape index (κ2) is 6.69. The van der Waals surface area contributed by atoms with E-state index in [1.807, 2.05) is 41.9 Å². The van der Waals surface area contributed by atoms with E-state index in [4.69, 9.17) is 9.84 Å². The summed E-state index contributed by atoms with van der Waals surface area (Å²) < 4.78 is 7.96. The van der Waals surface area contributed by atoms with E-state index in [9.17, 15) is 5.11 Å². The monoisotopic (exact) mass is 371 g/mol. The predicted octanol–water partition coefficient (Wildman–Crippen LogP) is 4.36. The lowest BCUT2D eigenvalue weighted by atomic mass is 9.98. The molecule has 1 aliphatic heterocycles. The van der Waals surface area contributed by atoms with E-state index < -0.39 is 0 Å². The number of aliphatic hydroxyl groups is 1. The van der Waals surface area contributed by atoms with Gasteiger partial charge in [-0.05, 0) is 35.9 Å². The zero-order chi connectivity index (χ0) is 19.1. The lowest BCUT2D eigenvalue weighted by Crippen LogP contribution is -2.26. The van der Waals surface area contributed by atoms with Crippen LogP contribution in [0.3, 0.4) is 0 Å². The number of aliphatic hydroxyl groups excluding tert-OH is 1. The number of benzene rings is 3. The van der Waals surface area contributed by atoms with Crippen LogP contribution in [0.25, 0.3) is 22.0 Å². The molecule has 0 saturated heterocycles. The first-order chi connectivity index (χ1) is 13.8. The summed E-state index contributed by atoms with van der Waals surface area (Å²) in [4.78, 5) is 0. The first-order valence-electron chi connectivity index (χ1n) is 9.43. The molecule has 0 radical (unpaired) electrons. The van der Waals surface area contributed by atoms with Crippen molar-refractivity contribution in [3.05, 3.63) is 78.0 Å². The Hall–Kier alpha value is -3.31. The Balaban J connectivity index is 1.76. The van der Waals surface area contributed by atoms with Crippen molar-refractivity contribution in [1.82, 2.24) is 9.78 Å². The van der Waals surface area contributed by atoms with Gasteiger partial charge in [0.15, 0.2) is 6.17 Å². The van der Waals surface area contributed by atoms with Gasteiger partial charge < -0.3 is 15.2 Å². The Morgan fingerprint density at radius 1 is 1.07 bits per heavy atom. The van der Waals surface area contributed by atoms with Crippen LogP contribution in [-0.2, 0) is 0 Å². The fourth-order valence-corrected chi connectivity index (χ4v) is 3.99. The van der Waals surface area contributed by atoms with Crippen LogP contribution in [-0.4, -0.2) is 28.1 Å². The molecular weight excluding hydrogens is 350 g/mol. The molecule has 1 aliphatic rings. The number of fused-ring (bicyclic) bond motifs is 4.